The Hall–Kier alpha value is -3.46. The number of nitrogens with one attached hydrogen (secondary N) is 2. The summed E-state index contributed by atoms with van der Waals surface area (Å²) >= 11 is 0. The molecule has 2 aromatic rings. The lowest BCUT2D eigenvalue weighted by atomic mass is 9.78. The van der Waals surface area contributed by atoms with Crippen molar-refractivity contribution >= 4 is 29.1 Å². The number of nitrogens with zero attached hydrogens (tertiary/aromatic N) is 3. The molecule has 0 radical (unpaired) electrons. The summed E-state index contributed by atoms with van der Waals surface area (Å²) in [6, 6.07) is 10.9. The van der Waals surface area contributed by atoms with Gasteiger partial charge in [0.2, 0.25) is 5.91 Å². The Morgan fingerprint density at radius 3 is 2.26 bits per heavy atom. The number of carbonyl (C=O) groups is 3. The molecule has 1 saturated heterocycles. The first-order valence-electron chi connectivity index (χ1n) is 11.8. The van der Waals surface area contributed by atoms with Crippen LogP contribution < -0.4 is 21.3 Å². The minimum Gasteiger partial charge on any atom is -0.368 e. The van der Waals surface area contributed by atoms with E-state index >= 15 is 0 Å². The third-order valence-corrected chi connectivity index (χ3v) is 6.34. The van der Waals surface area contributed by atoms with Crippen LogP contribution >= 0.6 is 0 Å². The standard InChI is InChI=1S/C23H28N6O3.C2H6/c1-25-23(32)20-7-6-16(14-26-20)28-8-10-29(11-9-28)17-12-15(13-17)22(31)27-19-5-3-2-4-18(19)21(24)30;1-2/h2-7,14-15,17H,8-13H2,1H3,(H2,24,30)(H,25,32)(H,27,31);1-2H3. The van der Waals surface area contributed by atoms with Crippen molar-refractivity contribution in [2.75, 3.05) is 43.4 Å². The molecule has 1 aliphatic carbocycles. The molecular weight excluding hydrogens is 432 g/mol. The number of aromatic nitrogens is 1. The smallest absolute Gasteiger partial charge is 0.269 e. The van der Waals surface area contributed by atoms with Gasteiger partial charge in [0.25, 0.3) is 11.8 Å². The first-order chi connectivity index (χ1) is 16.5. The normalized spacial score (nSPS) is 19.8. The van der Waals surface area contributed by atoms with E-state index in [0.717, 1.165) is 44.7 Å². The van der Waals surface area contributed by atoms with E-state index in [0.29, 0.717) is 23.0 Å². The third-order valence-electron chi connectivity index (χ3n) is 6.34. The second-order valence-electron chi connectivity index (χ2n) is 8.23. The summed E-state index contributed by atoms with van der Waals surface area (Å²) in [6.07, 6.45) is 3.37. The summed E-state index contributed by atoms with van der Waals surface area (Å²) in [5.41, 5.74) is 7.61. The van der Waals surface area contributed by atoms with Crippen molar-refractivity contribution in [2.45, 2.75) is 32.7 Å². The van der Waals surface area contributed by atoms with Gasteiger partial charge in [0.05, 0.1) is 23.1 Å². The van der Waals surface area contributed by atoms with Gasteiger partial charge in [-0.1, -0.05) is 26.0 Å². The molecular formula is C25H34N6O3. The number of hydrogen-bond acceptors (Lipinski definition) is 6. The molecule has 2 fully saturated rings. The van der Waals surface area contributed by atoms with Gasteiger partial charge in [-0.25, -0.2) is 4.98 Å². The number of anilines is 2. The number of para-hydroxylation sites is 1. The number of primary amides is 1. The maximum Gasteiger partial charge on any atom is 0.269 e. The molecule has 9 nitrogen and oxygen atoms in total. The SMILES string of the molecule is CC.CNC(=O)c1ccc(N2CCN(C3CC(C(=O)Nc4ccccc4C(N)=O)C3)CC2)cn1. The van der Waals surface area contributed by atoms with Crippen molar-refractivity contribution in [2.24, 2.45) is 11.7 Å². The highest BCUT2D eigenvalue weighted by molar-refractivity contribution is 6.03. The van der Waals surface area contributed by atoms with Gasteiger partial charge in [0, 0.05) is 45.2 Å². The van der Waals surface area contributed by atoms with E-state index in [4.69, 9.17) is 5.73 Å². The van der Waals surface area contributed by atoms with Crippen LogP contribution in [0.3, 0.4) is 0 Å². The fourth-order valence-electron chi connectivity index (χ4n) is 4.32. The van der Waals surface area contributed by atoms with E-state index in [-0.39, 0.29) is 17.7 Å². The highest BCUT2D eigenvalue weighted by atomic mass is 16.2. The van der Waals surface area contributed by atoms with Gasteiger partial charge in [-0.15, -0.1) is 0 Å². The van der Waals surface area contributed by atoms with Crippen LogP contribution in [0.25, 0.3) is 0 Å². The Balaban J connectivity index is 0.00000158. The Kier molecular flexibility index (Phi) is 8.59. The van der Waals surface area contributed by atoms with Crippen LogP contribution in [0.4, 0.5) is 11.4 Å². The lowest BCUT2D eigenvalue weighted by Gasteiger charge is -2.46. The second kappa shape index (κ2) is 11.6. The average Bonchev–Trinajstić information content (AvgIpc) is 2.84. The molecule has 2 aliphatic rings. The zero-order valence-electron chi connectivity index (χ0n) is 20.1. The molecule has 0 bridgehead atoms. The van der Waals surface area contributed by atoms with Crippen LogP contribution in [0.1, 0.15) is 47.5 Å². The zero-order valence-corrected chi connectivity index (χ0v) is 20.1. The Bertz CT molecular complexity index is 996. The van der Waals surface area contributed by atoms with Gasteiger partial charge >= 0.3 is 0 Å². The summed E-state index contributed by atoms with van der Waals surface area (Å²) in [5, 5.41) is 5.43. The molecule has 0 spiro atoms. The molecule has 1 aromatic carbocycles. The zero-order chi connectivity index (χ0) is 24.7. The molecule has 9 heteroatoms. The van der Waals surface area contributed by atoms with Gasteiger partial charge in [-0.3, -0.25) is 19.3 Å². The molecule has 1 aromatic heterocycles. The summed E-state index contributed by atoms with van der Waals surface area (Å²) in [5.74, 6) is -0.858. The van der Waals surface area contributed by atoms with Crippen LogP contribution in [-0.2, 0) is 4.79 Å². The van der Waals surface area contributed by atoms with Crippen molar-refractivity contribution in [3.63, 3.8) is 0 Å². The summed E-state index contributed by atoms with van der Waals surface area (Å²) in [7, 11) is 1.59. The highest BCUT2D eigenvalue weighted by Crippen LogP contribution is 2.34. The number of amides is 3. The maximum atomic E-state index is 12.6. The molecule has 0 unspecified atom stereocenters. The van der Waals surface area contributed by atoms with Gasteiger partial charge in [-0.2, -0.15) is 0 Å². The van der Waals surface area contributed by atoms with E-state index in [2.05, 4.69) is 25.4 Å². The topological polar surface area (TPSA) is 121 Å². The first-order valence-corrected chi connectivity index (χ1v) is 11.8. The van der Waals surface area contributed by atoms with Gasteiger partial charge in [0.1, 0.15) is 5.69 Å². The molecule has 4 N–H and O–H groups in total. The minimum absolute atomic E-state index is 0.0552. The van der Waals surface area contributed by atoms with Gasteiger partial charge in [0.15, 0.2) is 0 Å². The van der Waals surface area contributed by atoms with E-state index in [1.807, 2.05) is 19.9 Å². The van der Waals surface area contributed by atoms with Crippen molar-refractivity contribution in [1.29, 1.82) is 0 Å². The lowest BCUT2D eigenvalue weighted by molar-refractivity contribution is -0.124. The van der Waals surface area contributed by atoms with Crippen LogP contribution in [0.2, 0.25) is 0 Å². The monoisotopic (exact) mass is 466 g/mol. The highest BCUT2D eigenvalue weighted by Gasteiger charge is 2.39. The predicted molar refractivity (Wildman–Crippen MR) is 133 cm³/mol. The molecule has 1 aliphatic heterocycles. The number of pyridine rings is 1. The number of rotatable bonds is 6. The number of carbonyl (C=O) groups excluding carboxylic acids is 3. The quantitative estimate of drug-likeness (QED) is 0.600. The molecule has 182 valence electrons. The van der Waals surface area contributed by atoms with Crippen LogP contribution in [-0.4, -0.2) is 66.9 Å². The maximum absolute atomic E-state index is 12.6. The summed E-state index contributed by atoms with van der Waals surface area (Å²) < 4.78 is 0. The molecule has 4 rings (SSSR count). The van der Waals surface area contributed by atoms with E-state index < -0.39 is 5.91 Å². The van der Waals surface area contributed by atoms with E-state index in [1.54, 1.807) is 43.6 Å². The number of hydrogen-bond donors (Lipinski definition) is 3. The van der Waals surface area contributed by atoms with E-state index in [9.17, 15) is 14.4 Å². The number of nitrogens with two attached hydrogens (primary N) is 1. The second-order valence-corrected chi connectivity index (χ2v) is 8.23. The average molecular weight is 467 g/mol. The molecule has 2 heterocycles. The Morgan fingerprint density at radius 2 is 1.68 bits per heavy atom. The fraction of sp³-hybridized carbons (Fsp3) is 0.440. The largest absolute Gasteiger partial charge is 0.368 e. The van der Waals surface area contributed by atoms with E-state index in [1.165, 1.54) is 0 Å². The Labute approximate surface area is 200 Å². The van der Waals surface area contributed by atoms with Crippen molar-refractivity contribution in [1.82, 2.24) is 15.2 Å². The van der Waals surface area contributed by atoms with Crippen LogP contribution in [0.15, 0.2) is 42.6 Å². The Morgan fingerprint density at radius 1 is 1.00 bits per heavy atom. The molecule has 1 saturated carbocycles. The van der Waals surface area contributed by atoms with Crippen molar-refractivity contribution < 1.29 is 14.4 Å². The summed E-state index contributed by atoms with van der Waals surface area (Å²) in [6.45, 7) is 7.59. The summed E-state index contributed by atoms with van der Waals surface area (Å²) in [4.78, 5) is 44.7. The van der Waals surface area contributed by atoms with Crippen LogP contribution in [0.5, 0.6) is 0 Å². The number of benzene rings is 1. The minimum atomic E-state index is -0.552. The molecule has 34 heavy (non-hydrogen) atoms. The number of piperazine rings is 1. The fourth-order valence-corrected chi connectivity index (χ4v) is 4.32. The van der Waals surface area contributed by atoms with Gasteiger partial charge < -0.3 is 21.3 Å². The third kappa shape index (κ3) is 5.72. The lowest BCUT2D eigenvalue weighted by Crippen LogP contribution is -2.55. The van der Waals surface area contributed by atoms with Crippen molar-refractivity contribution in [3.05, 3.63) is 53.9 Å². The molecule has 0 atom stereocenters. The van der Waals surface area contributed by atoms with Crippen LogP contribution in [0, 0.1) is 5.92 Å². The van der Waals surface area contributed by atoms with Gasteiger partial charge in [-0.05, 0) is 37.1 Å². The first kappa shape index (κ1) is 25.2. The molecule has 3 amide bonds. The predicted octanol–water partition coefficient (Wildman–Crippen LogP) is 2.11. The van der Waals surface area contributed by atoms with Crippen molar-refractivity contribution in [3.8, 4) is 0 Å².